The SMILES string of the molecule is Cc1ccnc(-c2[c-]cc(-n3c4ccccc4c4ccccc43)cc2)c1.Cc1ccnc(-c2[c-]ccc(-n3c4ccccc4c4ccccc43)c2)c1.[Ir].[Ir].[Ir].[c-]1ccc(-c2cccnc2)cc1-c1ccccn1. The molecule has 9 heteroatoms. The van der Waals surface area contributed by atoms with Gasteiger partial charge in [-0.3, -0.25) is 4.98 Å². The zero-order chi connectivity index (χ0) is 47.2. The summed E-state index contributed by atoms with van der Waals surface area (Å²) in [6.07, 6.45) is 9.13. The number of para-hydroxylation sites is 4. The maximum atomic E-state index is 4.52. The Labute approximate surface area is 466 Å². The van der Waals surface area contributed by atoms with Crippen molar-refractivity contribution in [1.82, 2.24) is 29.1 Å². The fourth-order valence-electron chi connectivity index (χ4n) is 9.07. The molecule has 0 aliphatic heterocycles. The minimum Gasteiger partial charge on any atom is -0.351 e. The first-order chi connectivity index (χ1) is 34.6. The van der Waals surface area contributed by atoms with E-state index in [0.717, 1.165) is 56.3 Å². The van der Waals surface area contributed by atoms with E-state index in [9.17, 15) is 0 Å². The monoisotopic (exact) mass is 1480 g/mol. The Hall–Kier alpha value is -7.31. The van der Waals surface area contributed by atoms with Crippen LogP contribution in [0.3, 0.4) is 0 Å². The van der Waals surface area contributed by atoms with Crippen LogP contribution in [0.15, 0.2) is 237 Å². The molecule has 0 amide bonds. The van der Waals surface area contributed by atoms with Crippen molar-refractivity contribution in [3.05, 3.63) is 267 Å². The van der Waals surface area contributed by atoms with Crippen molar-refractivity contribution in [1.29, 1.82) is 0 Å². The van der Waals surface area contributed by atoms with Crippen LogP contribution < -0.4 is 0 Å². The van der Waals surface area contributed by atoms with E-state index in [4.69, 9.17) is 0 Å². The van der Waals surface area contributed by atoms with Crippen LogP contribution in [0.2, 0.25) is 0 Å². The number of fused-ring (bicyclic) bond motifs is 6. The van der Waals surface area contributed by atoms with E-state index < -0.39 is 0 Å². The summed E-state index contributed by atoms with van der Waals surface area (Å²) in [6.45, 7) is 4.17. The van der Waals surface area contributed by atoms with Crippen LogP contribution in [-0.4, -0.2) is 29.1 Å². The van der Waals surface area contributed by atoms with Gasteiger partial charge in [-0.15, -0.1) is 89.5 Å². The van der Waals surface area contributed by atoms with Gasteiger partial charge in [0.2, 0.25) is 0 Å². The molecule has 0 atom stereocenters. The zero-order valence-corrected chi connectivity index (χ0v) is 46.9. The molecule has 0 saturated heterocycles. The van der Waals surface area contributed by atoms with Crippen molar-refractivity contribution in [2.45, 2.75) is 13.8 Å². The van der Waals surface area contributed by atoms with Crippen molar-refractivity contribution < 1.29 is 60.3 Å². The first-order valence-corrected chi connectivity index (χ1v) is 23.3. The van der Waals surface area contributed by atoms with Crippen molar-refractivity contribution in [3.8, 4) is 56.3 Å². The predicted octanol–water partition coefficient (Wildman–Crippen LogP) is 15.5. The Morgan fingerprint density at radius 1 is 0.356 bits per heavy atom. The number of pyridine rings is 4. The van der Waals surface area contributed by atoms with Crippen LogP contribution in [0, 0.1) is 32.0 Å². The molecule has 0 aliphatic carbocycles. The van der Waals surface area contributed by atoms with E-state index in [1.165, 1.54) is 54.7 Å². The maximum absolute atomic E-state index is 4.52. The summed E-state index contributed by atoms with van der Waals surface area (Å²) in [6, 6.07) is 80.8. The molecule has 13 aromatic rings. The molecule has 6 nitrogen and oxygen atoms in total. The predicted molar refractivity (Wildman–Crippen MR) is 287 cm³/mol. The Bertz CT molecular complexity index is 3770. The number of nitrogens with zero attached hydrogens (tertiary/aromatic N) is 6. The molecule has 0 unspecified atom stereocenters. The summed E-state index contributed by atoms with van der Waals surface area (Å²) in [5, 5.41) is 5.08. The molecule has 13 rings (SSSR count). The fraction of sp³-hybridized carbons (Fsp3) is 0.0312. The van der Waals surface area contributed by atoms with Crippen LogP contribution in [0.1, 0.15) is 11.1 Å². The van der Waals surface area contributed by atoms with Gasteiger partial charge < -0.3 is 24.1 Å². The average molecular weight is 1470 g/mol. The molecule has 0 aliphatic rings. The Morgan fingerprint density at radius 3 is 1.37 bits per heavy atom. The molecular weight excluding hydrogens is 1430 g/mol. The first-order valence-electron chi connectivity index (χ1n) is 23.3. The first kappa shape index (κ1) is 52.0. The molecule has 6 aromatic heterocycles. The molecule has 0 fully saturated rings. The topological polar surface area (TPSA) is 61.4 Å². The second-order valence-corrected chi connectivity index (χ2v) is 17.0. The normalized spacial score (nSPS) is 10.5. The van der Waals surface area contributed by atoms with Gasteiger partial charge in [-0.2, -0.15) is 0 Å². The average Bonchev–Trinajstić information content (AvgIpc) is 3.95. The van der Waals surface area contributed by atoms with Crippen LogP contribution in [-0.2, 0) is 60.3 Å². The van der Waals surface area contributed by atoms with Gasteiger partial charge in [-0.25, -0.2) is 0 Å². The summed E-state index contributed by atoms with van der Waals surface area (Å²) < 4.78 is 4.62. The number of rotatable bonds is 6. The van der Waals surface area contributed by atoms with E-state index in [0.29, 0.717) is 0 Å². The van der Waals surface area contributed by atoms with E-state index in [-0.39, 0.29) is 60.3 Å². The number of hydrogen-bond donors (Lipinski definition) is 0. The van der Waals surface area contributed by atoms with Gasteiger partial charge in [0.25, 0.3) is 0 Å². The number of hydrogen-bond acceptors (Lipinski definition) is 4. The zero-order valence-electron chi connectivity index (χ0n) is 39.7. The van der Waals surface area contributed by atoms with Crippen molar-refractivity contribution in [3.63, 3.8) is 0 Å². The van der Waals surface area contributed by atoms with Gasteiger partial charge in [0, 0.05) is 124 Å². The third-order valence-corrected chi connectivity index (χ3v) is 12.4. The smallest absolute Gasteiger partial charge is 0.0523 e. The van der Waals surface area contributed by atoms with Crippen molar-refractivity contribution in [2.75, 3.05) is 0 Å². The third kappa shape index (κ3) is 11.2. The van der Waals surface area contributed by atoms with Gasteiger partial charge >= 0.3 is 0 Å². The van der Waals surface area contributed by atoms with Gasteiger partial charge in [-0.1, -0.05) is 120 Å². The molecule has 0 N–H and O–H groups in total. The van der Waals surface area contributed by atoms with Crippen LogP contribution in [0.25, 0.3) is 99.9 Å². The standard InChI is InChI=1S/2C24H17N2.C16H11N2.3Ir/c1-17-13-14-25-22(15-17)18-7-6-8-19(16-18)26-23-11-4-2-9-20(23)21-10-3-5-12-24(21)26;1-17-14-15-25-22(16-17)18-10-12-19(13-11-18)26-23-8-4-2-6-20(23)21-7-3-5-9-24(21)26;1-2-10-18-16(8-1)14-6-3-5-13(11-14)15-7-4-9-17-12-15;;;/h2-6,8-16H,1H3;2-10,12-16H,1H3;1-5,7-12H;;;/q3*-1;;;. The molecule has 73 heavy (non-hydrogen) atoms. The van der Waals surface area contributed by atoms with Crippen molar-refractivity contribution in [2.24, 2.45) is 0 Å². The maximum Gasteiger partial charge on any atom is 0.0523 e. The van der Waals surface area contributed by atoms with E-state index in [2.05, 4.69) is 207 Å². The summed E-state index contributed by atoms with van der Waals surface area (Å²) in [5.41, 5.74) is 17.6. The molecule has 361 valence electrons. The Kier molecular flexibility index (Phi) is 17.1. The minimum atomic E-state index is 0. The molecule has 7 aromatic carbocycles. The van der Waals surface area contributed by atoms with Gasteiger partial charge in [0.05, 0.1) is 11.0 Å². The largest absolute Gasteiger partial charge is 0.351 e. The quantitative estimate of drug-likeness (QED) is 0.156. The molecule has 0 spiro atoms. The van der Waals surface area contributed by atoms with Crippen LogP contribution >= 0.6 is 0 Å². The van der Waals surface area contributed by atoms with Crippen LogP contribution in [0.4, 0.5) is 0 Å². The second-order valence-electron chi connectivity index (χ2n) is 17.0. The van der Waals surface area contributed by atoms with Gasteiger partial charge in [0.1, 0.15) is 0 Å². The molecular formula is C64H45Ir3N6-3. The van der Waals surface area contributed by atoms with Gasteiger partial charge in [-0.05, 0) is 96.4 Å². The summed E-state index contributed by atoms with van der Waals surface area (Å²) in [4.78, 5) is 17.5. The fourth-order valence-corrected chi connectivity index (χ4v) is 9.07. The number of aryl methyl sites for hydroxylation is 2. The summed E-state index contributed by atoms with van der Waals surface area (Å²) >= 11 is 0. The minimum absolute atomic E-state index is 0. The second kappa shape index (κ2) is 23.9. The van der Waals surface area contributed by atoms with E-state index >= 15 is 0 Å². The third-order valence-electron chi connectivity index (χ3n) is 12.4. The molecule has 0 saturated carbocycles. The summed E-state index contributed by atoms with van der Waals surface area (Å²) in [7, 11) is 0. The Balaban J connectivity index is 0.000000146. The number of benzene rings is 7. The Morgan fingerprint density at radius 2 is 0.863 bits per heavy atom. The summed E-state index contributed by atoms with van der Waals surface area (Å²) in [5.74, 6) is 0. The molecule has 0 bridgehead atoms. The number of aromatic nitrogens is 6. The van der Waals surface area contributed by atoms with E-state index in [1.807, 2.05) is 79.3 Å². The molecule has 3 radical (unpaired) electrons. The molecule has 6 heterocycles. The van der Waals surface area contributed by atoms with E-state index in [1.54, 1.807) is 12.4 Å². The van der Waals surface area contributed by atoms with Crippen LogP contribution in [0.5, 0.6) is 0 Å². The van der Waals surface area contributed by atoms with Crippen molar-refractivity contribution >= 4 is 43.6 Å². The van der Waals surface area contributed by atoms with Gasteiger partial charge in [0.15, 0.2) is 0 Å².